The van der Waals surface area contributed by atoms with Crippen LogP contribution in [0.5, 0.6) is 0 Å². The minimum atomic E-state index is -0.671. The zero-order valence-corrected chi connectivity index (χ0v) is 11.5. The Morgan fingerprint density at radius 1 is 1.38 bits per heavy atom. The van der Waals surface area contributed by atoms with E-state index in [-0.39, 0.29) is 11.5 Å². The summed E-state index contributed by atoms with van der Waals surface area (Å²) in [6.45, 7) is 2.95. The molecule has 0 bridgehead atoms. The van der Waals surface area contributed by atoms with Crippen molar-refractivity contribution in [1.82, 2.24) is 10.3 Å². The van der Waals surface area contributed by atoms with Gasteiger partial charge in [-0.1, -0.05) is 0 Å². The second kappa shape index (κ2) is 5.33. The average Bonchev–Trinajstić information content (AvgIpc) is 2.44. The third-order valence-corrected chi connectivity index (χ3v) is 3.34. The summed E-state index contributed by atoms with van der Waals surface area (Å²) in [6, 6.07) is 4.44. The van der Waals surface area contributed by atoms with Gasteiger partial charge < -0.3 is 5.32 Å². The lowest BCUT2D eigenvalue weighted by atomic mass is 9.93. The molecular weight excluding hydrogens is 276 g/mol. The molecule has 0 fully saturated rings. The molecule has 1 aromatic carbocycles. The monoisotopic (exact) mass is 290 g/mol. The summed E-state index contributed by atoms with van der Waals surface area (Å²) in [4.78, 5) is 33.7. The van der Waals surface area contributed by atoms with Crippen molar-refractivity contribution in [2.75, 3.05) is 0 Å². The maximum atomic E-state index is 11.8. The molecule has 2 rings (SSSR count). The number of Topliss-reactive ketones (excluding diaryl/α,β-unsaturated/α-hetero) is 1. The quantitative estimate of drug-likeness (QED) is 0.377. The summed E-state index contributed by atoms with van der Waals surface area (Å²) in [5.41, 5.74) is 1.22. The Bertz CT molecular complexity index is 651. The molecule has 1 heterocycles. The van der Waals surface area contributed by atoms with Crippen molar-refractivity contribution < 1.29 is 14.5 Å². The largest absolute Gasteiger partial charge is 0.336 e. The Labute approximate surface area is 120 Å². The number of benzene rings is 1. The van der Waals surface area contributed by atoms with Gasteiger partial charge in [-0.2, -0.15) is 0 Å². The summed E-state index contributed by atoms with van der Waals surface area (Å²) >= 11 is 0. The number of nitro groups is 1. The van der Waals surface area contributed by atoms with E-state index in [1.165, 1.54) is 31.2 Å². The number of carbonyl (C=O) groups excluding carboxylic acids is 2. The van der Waals surface area contributed by atoms with E-state index in [2.05, 4.69) is 5.32 Å². The van der Waals surface area contributed by atoms with Crippen LogP contribution in [0.2, 0.25) is 0 Å². The van der Waals surface area contributed by atoms with Gasteiger partial charge in [0.1, 0.15) is 0 Å². The molecule has 0 spiro atoms. The van der Waals surface area contributed by atoms with Crippen molar-refractivity contribution in [2.24, 2.45) is 5.84 Å². The third-order valence-electron chi connectivity index (χ3n) is 3.34. The van der Waals surface area contributed by atoms with Gasteiger partial charge in [0.2, 0.25) is 0 Å². The first kappa shape index (κ1) is 14.7. The molecule has 0 aromatic heterocycles. The molecule has 0 aliphatic carbocycles. The molecule has 110 valence electrons. The highest BCUT2D eigenvalue weighted by molar-refractivity contribution is 5.98. The molecule has 0 radical (unpaired) electrons. The van der Waals surface area contributed by atoms with E-state index in [4.69, 9.17) is 5.84 Å². The van der Waals surface area contributed by atoms with Crippen LogP contribution in [0.4, 0.5) is 10.5 Å². The minimum absolute atomic E-state index is 0.0635. The van der Waals surface area contributed by atoms with Crippen molar-refractivity contribution in [3.63, 3.8) is 0 Å². The zero-order chi connectivity index (χ0) is 15.7. The molecule has 1 aliphatic heterocycles. The van der Waals surface area contributed by atoms with E-state index in [9.17, 15) is 19.7 Å². The number of nitrogens with two attached hydrogens (primary N) is 1. The molecule has 21 heavy (non-hydrogen) atoms. The number of hydrogen-bond donors (Lipinski definition) is 2. The van der Waals surface area contributed by atoms with Gasteiger partial charge in [0, 0.05) is 23.4 Å². The molecule has 3 N–H and O–H groups in total. The smallest absolute Gasteiger partial charge is 0.325 e. The van der Waals surface area contributed by atoms with Gasteiger partial charge in [-0.15, -0.1) is 0 Å². The van der Waals surface area contributed by atoms with Gasteiger partial charge in [0.15, 0.2) is 5.78 Å². The van der Waals surface area contributed by atoms with Crippen LogP contribution in [0.15, 0.2) is 35.5 Å². The van der Waals surface area contributed by atoms with Gasteiger partial charge in [-0.05, 0) is 31.5 Å². The number of carbonyl (C=O) groups is 2. The normalized spacial score (nSPS) is 18.5. The van der Waals surface area contributed by atoms with Gasteiger partial charge in [-0.3, -0.25) is 14.9 Å². The lowest BCUT2D eigenvalue weighted by molar-refractivity contribution is -0.384. The van der Waals surface area contributed by atoms with Crippen molar-refractivity contribution >= 4 is 17.5 Å². The molecule has 1 aromatic rings. The first-order valence-electron chi connectivity index (χ1n) is 6.14. The summed E-state index contributed by atoms with van der Waals surface area (Å²) in [6.07, 6.45) is 0. The van der Waals surface area contributed by atoms with Gasteiger partial charge in [-0.25, -0.2) is 15.6 Å². The molecule has 0 saturated carbocycles. The SMILES string of the molecule is CC(=O)C1=C(C)N(N)C(=O)N[C@@H]1c1ccc([N+](=O)[O-])cc1. The van der Waals surface area contributed by atoms with Gasteiger partial charge in [0.05, 0.1) is 11.0 Å². The molecule has 1 aliphatic rings. The highest BCUT2D eigenvalue weighted by atomic mass is 16.6. The summed E-state index contributed by atoms with van der Waals surface area (Å²) in [5, 5.41) is 14.1. The first-order chi connectivity index (χ1) is 9.82. The Balaban J connectivity index is 2.48. The third kappa shape index (κ3) is 2.61. The van der Waals surface area contributed by atoms with Gasteiger partial charge >= 0.3 is 6.03 Å². The van der Waals surface area contributed by atoms with Crippen molar-refractivity contribution in [2.45, 2.75) is 19.9 Å². The number of nitrogens with zero attached hydrogens (tertiary/aromatic N) is 2. The van der Waals surface area contributed by atoms with E-state index in [0.717, 1.165) is 5.01 Å². The Morgan fingerprint density at radius 2 is 1.95 bits per heavy atom. The molecule has 2 amide bonds. The van der Waals surface area contributed by atoms with Crippen molar-refractivity contribution in [3.05, 3.63) is 51.2 Å². The fourth-order valence-corrected chi connectivity index (χ4v) is 2.25. The fourth-order valence-electron chi connectivity index (χ4n) is 2.25. The molecule has 8 heteroatoms. The van der Waals surface area contributed by atoms with Crippen molar-refractivity contribution in [3.8, 4) is 0 Å². The highest BCUT2D eigenvalue weighted by Gasteiger charge is 2.32. The predicted octanol–water partition coefficient (Wildman–Crippen LogP) is 1.40. The van der Waals surface area contributed by atoms with E-state index in [1.807, 2.05) is 0 Å². The summed E-state index contributed by atoms with van der Waals surface area (Å²) in [7, 11) is 0. The van der Waals surface area contributed by atoms with Crippen LogP contribution >= 0.6 is 0 Å². The fraction of sp³-hybridized carbons (Fsp3) is 0.231. The van der Waals surface area contributed by atoms with Crippen LogP contribution in [0.3, 0.4) is 0 Å². The van der Waals surface area contributed by atoms with E-state index < -0.39 is 17.0 Å². The average molecular weight is 290 g/mol. The standard InChI is InChI=1S/C13H14N4O4/c1-7-11(8(2)18)12(15-13(19)16(7)14)9-3-5-10(6-4-9)17(20)21/h3-6,12H,14H2,1-2H3,(H,15,19)/t12-/m1/s1. The van der Waals surface area contributed by atoms with Crippen molar-refractivity contribution in [1.29, 1.82) is 0 Å². The number of allylic oxidation sites excluding steroid dienone is 1. The number of ketones is 1. The highest BCUT2D eigenvalue weighted by Crippen LogP contribution is 2.30. The Morgan fingerprint density at radius 3 is 2.43 bits per heavy atom. The lowest BCUT2D eigenvalue weighted by Crippen LogP contribution is -2.50. The van der Waals surface area contributed by atoms with Crippen LogP contribution in [0, 0.1) is 10.1 Å². The summed E-state index contributed by atoms with van der Waals surface area (Å²) < 4.78 is 0. The van der Waals surface area contributed by atoms with E-state index in [0.29, 0.717) is 16.8 Å². The van der Waals surface area contributed by atoms with Crippen LogP contribution < -0.4 is 11.2 Å². The first-order valence-corrected chi connectivity index (χ1v) is 6.14. The zero-order valence-electron chi connectivity index (χ0n) is 11.5. The topological polar surface area (TPSA) is 119 Å². The number of nitro benzene ring substituents is 1. The maximum absolute atomic E-state index is 11.8. The number of non-ortho nitro benzene ring substituents is 1. The second-order valence-electron chi connectivity index (χ2n) is 4.66. The number of nitrogens with one attached hydrogen (secondary N) is 1. The molecule has 8 nitrogen and oxygen atoms in total. The van der Waals surface area contributed by atoms with Gasteiger partial charge in [0.25, 0.3) is 5.69 Å². The summed E-state index contributed by atoms with van der Waals surface area (Å²) in [5.74, 6) is 5.35. The predicted molar refractivity (Wildman–Crippen MR) is 73.8 cm³/mol. The number of hydrogen-bond acceptors (Lipinski definition) is 5. The molecular formula is C13H14N4O4. The molecule has 1 atom stereocenters. The number of rotatable bonds is 3. The molecule has 0 saturated heterocycles. The number of amides is 2. The van der Waals surface area contributed by atoms with Crippen LogP contribution in [0.1, 0.15) is 25.5 Å². The number of urea groups is 1. The van der Waals surface area contributed by atoms with Crippen LogP contribution in [-0.2, 0) is 4.79 Å². The van der Waals surface area contributed by atoms with Crippen LogP contribution in [-0.4, -0.2) is 21.7 Å². The Kier molecular flexibility index (Phi) is 3.72. The lowest BCUT2D eigenvalue weighted by Gasteiger charge is -2.32. The maximum Gasteiger partial charge on any atom is 0.336 e. The molecule has 0 unspecified atom stereocenters. The number of hydrazine groups is 1. The van der Waals surface area contributed by atoms with E-state index >= 15 is 0 Å². The van der Waals surface area contributed by atoms with E-state index in [1.54, 1.807) is 6.92 Å². The second-order valence-corrected chi connectivity index (χ2v) is 4.66. The van der Waals surface area contributed by atoms with Crippen LogP contribution in [0.25, 0.3) is 0 Å². The Hall–Kier alpha value is -2.74. The minimum Gasteiger partial charge on any atom is -0.325 e.